The van der Waals surface area contributed by atoms with E-state index >= 15 is 0 Å². The Hall–Kier alpha value is -2.41. The van der Waals surface area contributed by atoms with Crippen molar-refractivity contribution in [3.8, 4) is 0 Å². The molecule has 2 saturated heterocycles. The summed E-state index contributed by atoms with van der Waals surface area (Å²) >= 11 is 5.96. The maximum Gasteiger partial charge on any atom is 0.253 e. The molecule has 0 N–H and O–H groups in total. The Morgan fingerprint density at radius 2 is 1.48 bits per heavy atom. The van der Waals surface area contributed by atoms with Crippen molar-refractivity contribution in [3.05, 3.63) is 64.7 Å². The molecule has 6 nitrogen and oxygen atoms in total. The molecular formula is C26H33ClN4O2. The summed E-state index contributed by atoms with van der Waals surface area (Å²) in [5, 5.41) is 4.64. The van der Waals surface area contributed by atoms with Crippen LogP contribution in [-0.2, 0) is 11.2 Å². The van der Waals surface area contributed by atoms with Crippen LogP contribution in [0.2, 0.25) is 5.02 Å². The van der Waals surface area contributed by atoms with E-state index in [0.717, 1.165) is 75.8 Å². The Bertz CT molecular complexity index is 934. The summed E-state index contributed by atoms with van der Waals surface area (Å²) in [5.41, 5.74) is 2.78. The summed E-state index contributed by atoms with van der Waals surface area (Å²) in [7, 11) is 0. The van der Waals surface area contributed by atoms with Crippen LogP contribution in [-0.4, -0.2) is 72.4 Å². The van der Waals surface area contributed by atoms with Gasteiger partial charge in [-0.25, -0.2) is 10.0 Å². The van der Waals surface area contributed by atoms with Crippen molar-refractivity contribution in [2.75, 3.05) is 50.8 Å². The van der Waals surface area contributed by atoms with Gasteiger partial charge >= 0.3 is 0 Å². The second-order valence-electron chi connectivity index (χ2n) is 8.90. The monoisotopic (exact) mass is 468 g/mol. The summed E-state index contributed by atoms with van der Waals surface area (Å²) in [5.74, 6) is 0.0666. The number of hydrazine groups is 1. The Labute approximate surface area is 201 Å². The topological polar surface area (TPSA) is 47.1 Å². The predicted octanol–water partition coefficient (Wildman–Crippen LogP) is 4.09. The van der Waals surface area contributed by atoms with Gasteiger partial charge in [0.1, 0.15) is 0 Å². The summed E-state index contributed by atoms with van der Waals surface area (Å²) in [4.78, 5) is 29.7. The molecule has 2 aliphatic rings. The van der Waals surface area contributed by atoms with Gasteiger partial charge in [-0.3, -0.25) is 14.5 Å². The van der Waals surface area contributed by atoms with E-state index in [0.29, 0.717) is 5.56 Å². The smallest absolute Gasteiger partial charge is 0.253 e. The first-order chi connectivity index (χ1) is 16.0. The van der Waals surface area contributed by atoms with Crippen LogP contribution >= 0.6 is 11.6 Å². The molecule has 33 heavy (non-hydrogen) atoms. The van der Waals surface area contributed by atoms with Gasteiger partial charge in [0.05, 0.1) is 5.69 Å². The number of carbonyl (C=O) groups is 2. The maximum absolute atomic E-state index is 13.0. The van der Waals surface area contributed by atoms with Crippen molar-refractivity contribution < 1.29 is 9.59 Å². The number of carbonyl (C=O) groups excluding carboxylic acids is 2. The van der Waals surface area contributed by atoms with Gasteiger partial charge in [0, 0.05) is 63.3 Å². The van der Waals surface area contributed by atoms with Gasteiger partial charge in [0.2, 0.25) is 5.91 Å². The van der Waals surface area contributed by atoms with Crippen molar-refractivity contribution in [2.24, 2.45) is 0 Å². The molecule has 7 heteroatoms. The molecule has 2 aromatic rings. The molecule has 176 valence electrons. The van der Waals surface area contributed by atoms with Crippen LogP contribution in [0.15, 0.2) is 48.5 Å². The lowest BCUT2D eigenvalue weighted by molar-refractivity contribution is -0.119. The van der Waals surface area contributed by atoms with E-state index in [9.17, 15) is 9.59 Å². The van der Waals surface area contributed by atoms with Crippen LogP contribution in [0, 0.1) is 0 Å². The van der Waals surface area contributed by atoms with Gasteiger partial charge < -0.3 is 4.90 Å². The summed E-state index contributed by atoms with van der Waals surface area (Å²) in [6.07, 6.45) is 4.40. The lowest BCUT2D eigenvalue weighted by Crippen LogP contribution is -2.49. The van der Waals surface area contributed by atoms with Gasteiger partial charge in [0.15, 0.2) is 0 Å². The van der Waals surface area contributed by atoms with E-state index in [4.69, 9.17) is 11.6 Å². The molecule has 2 aliphatic heterocycles. The quantitative estimate of drug-likeness (QED) is 0.640. The molecule has 0 aromatic heterocycles. The van der Waals surface area contributed by atoms with Crippen LogP contribution in [0.1, 0.15) is 42.1 Å². The number of benzene rings is 2. The molecule has 2 amide bonds. The first kappa shape index (κ1) is 23.7. The highest BCUT2D eigenvalue weighted by Gasteiger charge is 2.24. The van der Waals surface area contributed by atoms with Crippen LogP contribution in [0.4, 0.5) is 5.69 Å². The number of hydrogen-bond acceptors (Lipinski definition) is 4. The van der Waals surface area contributed by atoms with Crippen LogP contribution < -0.4 is 5.01 Å². The molecule has 2 aromatic carbocycles. The fourth-order valence-corrected chi connectivity index (χ4v) is 4.79. The summed E-state index contributed by atoms with van der Waals surface area (Å²) < 4.78 is 0. The molecule has 0 atom stereocenters. The molecule has 2 fully saturated rings. The average Bonchev–Trinajstić information content (AvgIpc) is 2.85. The van der Waals surface area contributed by atoms with Gasteiger partial charge in [-0.1, -0.05) is 30.2 Å². The third-order valence-corrected chi connectivity index (χ3v) is 6.81. The molecule has 4 rings (SSSR count). The van der Waals surface area contributed by atoms with Crippen molar-refractivity contribution in [1.29, 1.82) is 0 Å². The standard InChI is InChI=1S/C26H33ClN4O2/c1-21(32)31(30-14-3-2-4-15-30)25-11-7-23(8-12-25)26(33)29-19-17-28(18-20-29)16-13-22-5-9-24(27)10-6-22/h5-12H,2-4,13-20H2,1H3. The first-order valence-corrected chi connectivity index (χ1v) is 12.3. The molecule has 0 bridgehead atoms. The number of rotatable bonds is 6. The SMILES string of the molecule is CC(=O)N(c1ccc(C(=O)N2CCN(CCc3ccc(Cl)cc3)CC2)cc1)N1CCCCC1. The molecular weight excluding hydrogens is 436 g/mol. The number of amides is 2. The van der Waals surface area contributed by atoms with E-state index in [-0.39, 0.29) is 11.8 Å². The minimum absolute atomic E-state index is 0.00528. The van der Waals surface area contributed by atoms with Crippen molar-refractivity contribution in [2.45, 2.75) is 32.6 Å². The third kappa shape index (κ3) is 6.14. The number of anilines is 1. The van der Waals surface area contributed by atoms with Crippen molar-refractivity contribution >= 4 is 29.1 Å². The zero-order valence-electron chi connectivity index (χ0n) is 19.4. The Morgan fingerprint density at radius 3 is 2.09 bits per heavy atom. The highest BCUT2D eigenvalue weighted by Crippen LogP contribution is 2.22. The number of hydrogen-bond donors (Lipinski definition) is 0. The van der Waals surface area contributed by atoms with Crippen molar-refractivity contribution in [3.63, 3.8) is 0 Å². The molecule has 0 saturated carbocycles. The van der Waals surface area contributed by atoms with E-state index < -0.39 is 0 Å². The van der Waals surface area contributed by atoms with E-state index in [2.05, 4.69) is 22.0 Å². The van der Waals surface area contributed by atoms with Gasteiger partial charge in [-0.05, 0) is 61.2 Å². The summed E-state index contributed by atoms with van der Waals surface area (Å²) in [6.45, 7) is 7.58. The lowest BCUT2D eigenvalue weighted by atomic mass is 10.1. The minimum Gasteiger partial charge on any atom is -0.336 e. The second-order valence-corrected chi connectivity index (χ2v) is 9.34. The molecule has 0 spiro atoms. The van der Waals surface area contributed by atoms with Crippen LogP contribution in [0.5, 0.6) is 0 Å². The normalized spacial score (nSPS) is 17.7. The number of piperidine rings is 1. The molecule has 0 aliphatic carbocycles. The zero-order chi connectivity index (χ0) is 23.2. The zero-order valence-corrected chi connectivity index (χ0v) is 20.1. The van der Waals surface area contributed by atoms with Gasteiger partial charge in [0.25, 0.3) is 5.91 Å². The number of piperazine rings is 1. The molecule has 0 radical (unpaired) electrons. The van der Waals surface area contributed by atoms with E-state index in [1.807, 2.05) is 41.3 Å². The second kappa shape index (κ2) is 11.1. The Kier molecular flexibility index (Phi) is 8.02. The largest absolute Gasteiger partial charge is 0.336 e. The predicted molar refractivity (Wildman–Crippen MR) is 133 cm³/mol. The fourth-order valence-electron chi connectivity index (χ4n) is 4.66. The first-order valence-electron chi connectivity index (χ1n) is 11.9. The van der Waals surface area contributed by atoms with Gasteiger partial charge in [-0.15, -0.1) is 0 Å². The van der Waals surface area contributed by atoms with Crippen LogP contribution in [0.25, 0.3) is 0 Å². The van der Waals surface area contributed by atoms with Crippen molar-refractivity contribution in [1.82, 2.24) is 14.8 Å². The van der Waals surface area contributed by atoms with Crippen LogP contribution in [0.3, 0.4) is 0 Å². The lowest BCUT2D eigenvalue weighted by Gasteiger charge is -2.37. The molecule has 0 unspecified atom stereocenters. The number of halogens is 1. The third-order valence-electron chi connectivity index (χ3n) is 6.56. The fraction of sp³-hybridized carbons (Fsp3) is 0.462. The Balaban J connectivity index is 1.30. The highest BCUT2D eigenvalue weighted by molar-refractivity contribution is 6.30. The van der Waals surface area contributed by atoms with Gasteiger partial charge in [-0.2, -0.15) is 0 Å². The summed E-state index contributed by atoms with van der Waals surface area (Å²) in [6, 6.07) is 15.5. The number of nitrogens with zero attached hydrogens (tertiary/aromatic N) is 4. The maximum atomic E-state index is 13.0. The average molecular weight is 469 g/mol. The van der Waals surface area contributed by atoms with E-state index in [1.165, 1.54) is 12.0 Å². The Morgan fingerprint density at radius 1 is 0.848 bits per heavy atom. The molecule has 2 heterocycles. The minimum atomic E-state index is 0.00528. The van der Waals surface area contributed by atoms with E-state index in [1.54, 1.807) is 11.9 Å². The highest BCUT2D eigenvalue weighted by atomic mass is 35.5.